The maximum absolute atomic E-state index is 13.7. The highest BCUT2D eigenvalue weighted by Crippen LogP contribution is 2.20. The van der Waals surface area contributed by atoms with Crippen molar-refractivity contribution in [3.05, 3.63) is 29.6 Å². The predicted molar refractivity (Wildman–Crippen MR) is 73.4 cm³/mol. The molecule has 1 fully saturated rings. The summed E-state index contributed by atoms with van der Waals surface area (Å²) in [6.07, 6.45) is 3.31. The van der Waals surface area contributed by atoms with Crippen LogP contribution in [0.4, 0.5) is 4.39 Å². The smallest absolute Gasteiger partial charge is 0.340 e. The topological polar surface area (TPSA) is 47.6 Å². The summed E-state index contributed by atoms with van der Waals surface area (Å²) >= 11 is 0. The molecule has 0 atom stereocenters. The van der Waals surface area contributed by atoms with E-state index in [4.69, 9.17) is 4.74 Å². The normalized spacial score (nSPS) is 15.9. The van der Waals surface area contributed by atoms with Crippen molar-refractivity contribution in [1.29, 1.82) is 0 Å². The molecule has 0 unspecified atom stereocenters. The molecular weight excluding hydrogens is 261 g/mol. The maximum Gasteiger partial charge on any atom is 0.340 e. The van der Waals surface area contributed by atoms with E-state index in [1.807, 2.05) is 0 Å². The molecule has 0 radical (unpaired) electrons. The Balaban J connectivity index is 1.84. The van der Waals surface area contributed by atoms with Crippen molar-refractivity contribution < 1.29 is 18.7 Å². The molecule has 1 heterocycles. The van der Waals surface area contributed by atoms with Crippen molar-refractivity contribution in [3.63, 3.8) is 0 Å². The van der Waals surface area contributed by atoms with Gasteiger partial charge in [-0.3, -0.25) is 0 Å². The molecule has 4 nitrogen and oxygen atoms in total. The molecule has 1 aliphatic rings. The number of ether oxygens (including phenoxy) is 2. The molecule has 0 bridgehead atoms. The summed E-state index contributed by atoms with van der Waals surface area (Å²) in [5.74, 6) is -0.167. The average Bonchev–Trinajstić information content (AvgIpc) is 2.48. The number of hydrogen-bond acceptors (Lipinski definition) is 4. The molecule has 1 aromatic rings. The third-order valence-electron chi connectivity index (χ3n) is 3.60. The van der Waals surface area contributed by atoms with Gasteiger partial charge in [-0.1, -0.05) is 0 Å². The first kappa shape index (κ1) is 14.8. The minimum Gasteiger partial charge on any atom is -0.493 e. The fourth-order valence-electron chi connectivity index (χ4n) is 2.37. The van der Waals surface area contributed by atoms with Crippen LogP contribution in [0.5, 0.6) is 5.75 Å². The predicted octanol–water partition coefficient (Wildman–Crippen LogP) is 2.38. The number of nitrogens with one attached hydrogen (secondary N) is 1. The molecule has 5 heteroatoms. The number of benzene rings is 1. The van der Waals surface area contributed by atoms with Gasteiger partial charge in [-0.25, -0.2) is 9.18 Å². The molecule has 0 aromatic heterocycles. The van der Waals surface area contributed by atoms with Gasteiger partial charge in [0.25, 0.3) is 0 Å². The van der Waals surface area contributed by atoms with Gasteiger partial charge in [0.15, 0.2) is 0 Å². The zero-order chi connectivity index (χ0) is 14.4. The van der Waals surface area contributed by atoms with Gasteiger partial charge in [-0.05, 0) is 50.4 Å². The Bertz CT molecular complexity index is 458. The van der Waals surface area contributed by atoms with E-state index >= 15 is 0 Å². The van der Waals surface area contributed by atoms with Crippen LogP contribution in [0, 0.1) is 11.7 Å². The van der Waals surface area contributed by atoms with Crippen LogP contribution >= 0.6 is 0 Å². The van der Waals surface area contributed by atoms with Crippen molar-refractivity contribution in [2.24, 2.45) is 5.92 Å². The maximum atomic E-state index is 13.7. The molecule has 1 aromatic carbocycles. The van der Waals surface area contributed by atoms with Crippen molar-refractivity contribution in [3.8, 4) is 5.75 Å². The zero-order valence-electron chi connectivity index (χ0n) is 11.7. The molecule has 0 saturated carbocycles. The molecular formula is C15H20FNO3. The Kier molecular flexibility index (Phi) is 5.35. The highest BCUT2D eigenvalue weighted by molar-refractivity contribution is 5.89. The van der Waals surface area contributed by atoms with Gasteiger partial charge < -0.3 is 14.8 Å². The number of esters is 1. The third kappa shape index (κ3) is 3.93. The SMILES string of the molecule is COC(=O)c1ccc(OCCC2CCNCC2)cc1F. The summed E-state index contributed by atoms with van der Waals surface area (Å²) in [7, 11) is 1.23. The Hall–Kier alpha value is -1.62. The molecule has 110 valence electrons. The molecule has 1 aliphatic heterocycles. The lowest BCUT2D eigenvalue weighted by atomic mass is 9.95. The second-order valence-electron chi connectivity index (χ2n) is 4.96. The molecule has 2 rings (SSSR count). The van der Waals surface area contributed by atoms with E-state index in [2.05, 4.69) is 10.1 Å². The van der Waals surface area contributed by atoms with Crippen LogP contribution in [0.25, 0.3) is 0 Å². The summed E-state index contributed by atoms with van der Waals surface area (Å²) in [6, 6.07) is 4.22. The largest absolute Gasteiger partial charge is 0.493 e. The number of carbonyl (C=O) groups excluding carboxylic acids is 1. The van der Waals surface area contributed by atoms with E-state index in [1.165, 1.54) is 32.1 Å². The summed E-state index contributed by atoms with van der Waals surface area (Å²) in [5, 5.41) is 3.32. The summed E-state index contributed by atoms with van der Waals surface area (Å²) in [4.78, 5) is 11.3. The van der Waals surface area contributed by atoms with E-state index in [-0.39, 0.29) is 5.56 Å². The Morgan fingerprint density at radius 1 is 1.40 bits per heavy atom. The fourth-order valence-corrected chi connectivity index (χ4v) is 2.37. The summed E-state index contributed by atoms with van der Waals surface area (Å²) in [5.41, 5.74) is -0.0711. The second-order valence-corrected chi connectivity index (χ2v) is 4.96. The number of methoxy groups -OCH3 is 1. The Morgan fingerprint density at radius 3 is 2.80 bits per heavy atom. The molecule has 0 amide bonds. The van der Waals surface area contributed by atoms with Gasteiger partial charge >= 0.3 is 5.97 Å². The summed E-state index contributed by atoms with van der Waals surface area (Å²) in [6.45, 7) is 2.70. The fraction of sp³-hybridized carbons (Fsp3) is 0.533. The van der Waals surface area contributed by atoms with Gasteiger partial charge in [-0.2, -0.15) is 0 Å². The van der Waals surface area contributed by atoms with Crippen LogP contribution in [-0.2, 0) is 4.74 Å². The number of hydrogen-bond donors (Lipinski definition) is 1. The van der Waals surface area contributed by atoms with Gasteiger partial charge in [0.1, 0.15) is 11.6 Å². The van der Waals surface area contributed by atoms with Gasteiger partial charge in [0.2, 0.25) is 0 Å². The minimum atomic E-state index is -0.677. The van der Waals surface area contributed by atoms with Crippen LogP contribution in [0.15, 0.2) is 18.2 Å². The average molecular weight is 281 g/mol. The summed E-state index contributed by atoms with van der Waals surface area (Å²) < 4.78 is 23.7. The first-order valence-electron chi connectivity index (χ1n) is 6.92. The van der Waals surface area contributed by atoms with E-state index in [0.717, 1.165) is 19.5 Å². The standard InChI is InChI=1S/C15H20FNO3/c1-19-15(18)13-3-2-12(10-14(13)16)20-9-6-11-4-7-17-8-5-11/h2-3,10-11,17H,4-9H2,1H3. The van der Waals surface area contributed by atoms with Crippen LogP contribution < -0.4 is 10.1 Å². The van der Waals surface area contributed by atoms with Crippen LogP contribution in [0.1, 0.15) is 29.6 Å². The van der Waals surface area contributed by atoms with E-state index in [0.29, 0.717) is 18.3 Å². The van der Waals surface area contributed by atoms with Gasteiger partial charge in [0.05, 0.1) is 19.3 Å². The molecule has 0 spiro atoms. The number of piperidine rings is 1. The van der Waals surface area contributed by atoms with Crippen LogP contribution in [0.2, 0.25) is 0 Å². The highest BCUT2D eigenvalue weighted by atomic mass is 19.1. The van der Waals surface area contributed by atoms with E-state index in [1.54, 1.807) is 6.07 Å². The molecule has 1 N–H and O–H groups in total. The van der Waals surface area contributed by atoms with E-state index < -0.39 is 11.8 Å². The van der Waals surface area contributed by atoms with Crippen LogP contribution in [-0.4, -0.2) is 32.8 Å². The highest BCUT2D eigenvalue weighted by Gasteiger charge is 2.14. The third-order valence-corrected chi connectivity index (χ3v) is 3.60. The molecule has 1 saturated heterocycles. The van der Waals surface area contributed by atoms with Gasteiger partial charge in [-0.15, -0.1) is 0 Å². The lowest BCUT2D eigenvalue weighted by Crippen LogP contribution is -2.28. The van der Waals surface area contributed by atoms with Crippen molar-refractivity contribution in [2.45, 2.75) is 19.3 Å². The van der Waals surface area contributed by atoms with Crippen molar-refractivity contribution in [1.82, 2.24) is 5.32 Å². The number of rotatable bonds is 5. The molecule has 20 heavy (non-hydrogen) atoms. The zero-order valence-corrected chi connectivity index (χ0v) is 11.7. The Morgan fingerprint density at radius 2 is 2.15 bits per heavy atom. The first-order valence-corrected chi connectivity index (χ1v) is 6.92. The quantitative estimate of drug-likeness (QED) is 0.842. The second kappa shape index (κ2) is 7.24. The number of carbonyl (C=O) groups is 1. The monoisotopic (exact) mass is 281 g/mol. The minimum absolute atomic E-state index is 0.0711. The molecule has 0 aliphatic carbocycles. The first-order chi connectivity index (χ1) is 9.70. The van der Waals surface area contributed by atoms with Crippen molar-refractivity contribution >= 4 is 5.97 Å². The number of halogens is 1. The Labute approximate surface area is 118 Å². The van der Waals surface area contributed by atoms with Crippen LogP contribution in [0.3, 0.4) is 0 Å². The van der Waals surface area contributed by atoms with Crippen molar-refractivity contribution in [2.75, 3.05) is 26.8 Å². The van der Waals surface area contributed by atoms with E-state index in [9.17, 15) is 9.18 Å². The lowest BCUT2D eigenvalue weighted by Gasteiger charge is -2.22. The lowest BCUT2D eigenvalue weighted by molar-refractivity contribution is 0.0595. The van der Waals surface area contributed by atoms with Gasteiger partial charge in [0, 0.05) is 6.07 Å².